The Kier molecular flexibility index (Phi) is 7.48. The van der Waals surface area contributed by atoms with E-state index in [0.717, 1.165) is 15.9 Å². The number of ether oxygens (including phenoxy) is 3. The van der Waals surface area contributed by atoms with Crippen molar-refractivity contribution in [1.29, 1.82) is 0 Å². The van der Waals surface area contributed by atoms with Gasteiger partial charge in [-0.2, -0.15) is 0 Å². The molecule has 0 saturated heterocycles. The largest absolute Gasteiger partial charge is 0.497 e. The zero-order valence-electron chi connectivity index (χ0n) is 23.5. The summed E-state index contributed by atoms with van der Waals surface area (Å²) in [7, 11) is 3.08. The highest BCUT2D eigenvalue weighted by molar-refractivity contribution is 7.22. The number of nitrogens with two attached hydrogens (primary N) is 1. The molecule has 1 aromatic heterocycles. The Morgan fingerprint density at radius 1 is 1.12 bits per heavy atom. The number of fused-ring (bicyclic) bond motifs is 1. The first-order valence-corrected chi connectivity index (χ1v) is 13.9. The maximum absolute atomic E-state index is 14.0. The number of ketones is 1. The number of benzene rings is 2. The summed E-state index contributed by atoms with van der Waals surface area (Å²) in [5, 5.41) is 6.76. The number of allylic oxidation sites excluding steroid dienone is 3. The minimum atomic E-state index is -0.664. The Morgan fingerprint density at radius 3 is 2.61 bits per heavy atom. The van der Waals surface area contributed by atoms with Gasteiger partial charge in [0.25, 0.3) is 11.8 Å². The molecule has 11 heteroatoms. The highest BCUT2D eigenvalue weighted by Crippen LogP contribution is 2.48. The molecule has 41 heavy (non-hydrogen) atoms. The number of carbonyl (C=O) groups excluding carboxylic acids is 3. The van der Waals surface area contributed by atoms with E-state index in [0.29, 0.717) is 57.6 Å². The van der Waals surface area contributed by atoms with Crippen LogP contribution in [-0.4, -0.2) is 43.4 Å². The van der Waals surface area contributed by atoms with Crippen LogP contribution in [0.2, 0.25) is 0 Å². The monoisotopic (exact) mass is 576 g/mol. The van der Waals surface area contributed by atoms with Crippen molar-refractivity contribution in [2.24, 2.45) is 11.1 Å². The van der Waals surface area contributed by atoms with Crippen molar-refractivity contribution in [3.63, 3.8) is 0 Å². The summed E-state index contributed by atoms with van der Waals surface area (Å²) in [5.41, 5.74) is 8.85. The normalized spacial score (nSPS) is 18.1. The number of carbonyl (C=O) groups is 3. The summed E-state index contributed by atoms with van der Waals surface area (Å²) in [6, 6.07) is 10.7. The number of anilines is 1. The fourth-order valence-corrected chi connectivity index (χ4v) is 6.34. The van der Waals surface area contributed by atoms with Gasteiger partial charge in [-0.05, 0) is 54.7 Å². The maximum atomic E-state index is 14.0. The molecular weight excluding hydrogens is 544 g/mol. The predicted octanol–water partition coefficient (Wildman–Crippen LogP) is 4.42. The van der Waals surface area contributed by atoms with Crippen molar-refractivity contribution in [2.45, 2.75) is 39.5 Å². The van der Waals surface area contributed by atoms with Gasteiger partial charge in [0.2, 0.25) is 0 Å². The van der Waals surface area contributed by atoms with Crippen LogP contribution < -0.4 is 30.6 Å². The molecule has 2 aliphatic rings. The third kappa shape index (κ3) is 5.62. The number of amides is 2. The van der Waals surface area contributed by atoms with Crippen LogP contribution in [0.3, 0.4) is 0 Å². The fraction of sp³-hybridized carbons (Fsp3) is 0.333. The van der Waals surface area contributed by atoms with Gasteiger partial charge in [-0.15, -0.1) is 0 Å². The summed E-state index contributed by atoms with van der Waals surface area (Å²) >= 11 is 1.34. The van der Waals surface area contributed by atoms with Crippen LogP contribution in [0.15, 0.2) is 58.9 Å². The Morgan fingerprint density at radius 2 is 1.90 bits per heavy atom. The van der Waals surface area contributed by atoms with Crippen LogP contribution in [-0.2, 0) is 14.4 Å². The molecule has 0 bridgehead atoms. The summed E-state index contributed by atoms with van der Waals surface area (Å²) in [4.78, 5) is 43.5. The van der Waals surface area contributed by atoms with Crippen LogP contribution in [0.4, 0.5) is 5.13 Å². The van der Waals surface area contributed by atoms with E-state index in [1.54, 1.807) is 25.3 Å². The zero-order chi connectivity index (χ0) is 29.5. The van der Waals surface area contributed by atoms with Crippen molar-refractivity contribution in [2.75, 3.05) is 26.1 Å². The number of rotatable bonds is 8. The molecule has 2 amide bonds. The number of primary amides is 1. The average molecular weight is 577 g/mol. The minimum absolute atomic E-state index is 0.0216. The number of dihydropyridines is 1. The van der Waals surface area contributed by atoms with E-state index in [1.807, 2.05) is 25.1 Å². The highest BCUT2D eigenvalue weighted by atomic mass is 32.1. The summed E-state index contributed by atoms with van der Waals surface area (Å²) in [5.74, 6) is -0.301. The third-order valence-corrected chi connectivity index (χ3v) is 8.12. The SMILES string of the molecule is COc1ccc2nc(NC(=O)C3=C(C)NC4=C(C(=O)CC(C)(C)C4)[C@H]3c3ccc(OCC(N)=O)c(OC)c3)sc2c1. The van der Waals surface area contributed by atoms with E-state index < -0.39 is 11.8 Å². The minimum Gasteiger partial charge on any atom is -0.497 e. The second-order valence-electron chi connectivity index (χ2n) is 10.9. The molecule has 0 saturated carbocycles. The number of thiazole rings is 1. The smallest absolute Gasteiger partial charge is 0.256 e. The van der Waals surface area contributed by atoms with E-state index in [4.69, 9.17) is 19.9 Å². The van der Waals surface area contributed by atoms with Gasteiger partial charge in [0.15, 0.2) is 29.0 Å². The predicted molar refractivity (Wildman–Crippen MR) is 156 cm³/mol. The van der Waals surface area contributed by atoms with Gasteiger partial charge < -0.3 is 25.3 Å². The molecule has 5 rings (SSSR count). The number of hydrogen-bond donors (Lipinski definition) is 3. The molecule has 1 aliphatic carbocycles. The molecule has 2 aromatic carbocycles. The number of hydrogen-bond acceptors (Lipinski definition) is 9. The molecule has 3 aromatic rings. The molecular formula is C30H32N4O6S. The van der Waals surface area contributed by atoms with Crippen molar-refractivity contribution in [3.05, 3.63) is 64.5 Å². The molecule has 1 atom stereocenters. The molecule has 0 radical (unpaired) electrons. The molecule has 10 nitrogen and oxygen atoms in total. The summed E-state index contributed by atoms with van der Waals surface area (Å²) in [6.07, 6.45) is 1.02. The first kappa shape index (κ1) is 28.2. The Balaban J connectivity index is 1.57. The first-order chi connectivity index (χ1) is 19.5. The Bertz CT molecular complexity index is 1640. The number of Topliss-reactive ketones (excluding diaryl/α,β-unsaturated/α-hetero) is 1. The zero-order valence-corrected chi connectivity index (χ0v) is 24.4. The van der Waals surface area contributed by atoms with Crippen LogP contribution in [0.5, 0.6) is 17.2 Å². The van der Waals surface area contributed by atoms with E-state index >= 15 is 0 Å². The van der Waals surface area contributed by atoms with Crippen molar-refractivity contribution in [1.82, 2.24) is 10.3 Å². The lowest BCUT2D eigenvalue weighted by Gasteiger charge is -2.39. The van der Waals surface area contributed by atoms with E-state index in [9.17, 15) is 14.4 Å². The fourth-order valence-electron chi connectivity index (χ4n) is 5.45. The lowest BCUT2D eigenvalue weighted by Crippen LogP contribution is -2.39. The van der Waals surface area contributed by atoms with Gasteiger partial charge in [0.05, 0.1) is 24.4 Å². The van der Waals surface area contributed by atoms with Crippen LogP contribution in [0.25, 0.3) is 10.2 Å². The number of nitrogens with one attached hydrogen (secondary N) is 2. The third-order valence-electron chi connectivity index (χ3n) is 7.19. The van der Waals surface area contributed by atoms with Crippen LogP contribution in [0.1, 0.15) is 45.1 Å². The van der Waals surface area contributed by atoms with E-state index in [-0.39, 0.29) is 23.7 Å². The van der Waals surface area contributed by atoms with Gasteiger partial charge in [-0.1, -0.05) is 31.3 Å². The number of methoxy groups -OCH3 is 2. The van der Waals surface area contributed by atoms with Gasteiger partial charge >= 0.3 is 0 Å². The molecule has 0 unspecified atom stereocenters. The van der Waals surface area contributed by atoms with Gasteiger partial charge in [-0.3, -0.25) is 19.7 Å². The van der Waals surface area contributed by atoms with Crippen molar-refractivity contribution < 1.29 is 28.6 Å². The van der Waals surface area contributed by atoms with Gasteiger partial charge in [0, 0.05) is 34.9 Å². The molecule has 214 valence electrons. The molecule has 0 spiro atoms. The molecule has 4 N–H and O–H groups in total. The quantitative estimate of drug-likeness (QED) is 0.358. The van der Waals surface area contributed by atoms with Crippen LogP contribution >= 0.6 is 11.3 Å². The van der Waals surface area contributed by atoms with Crippen molar-refractivity contribution >= 4 is 44.3 Å². The molecule has 1 aliphatic heterocycles. The standard InChI is InChI=1S/C30H32N4O6S/c1-15-25(28(37)34-29-33-18-8-7-17(38-4)11-23(18)41-29)26(27-19(32-15)12-30(2,3)13-20(27)35)16-6-9-21(22(10-16)39-5)40-14-24(31)36/h6-11,26,32H,12-14H2,1-5H3,(H2,31,36)(H,33,34,37)/t26-/m0/s1. The van der Waals surface area contributed by atoms with Gasteiger partial charge in [0.1, 0.15) is 5.75 Å². The Labute approximate surface area is 241 Å². The Hall–Kier alpha value is -4.38. The average Bonchev–Trinajstić information content (AvgIpc) is 3.31. The van der Waals surface area contributed by atoms with E-state index in [1.165, 1.54) is 18.4 Å². The van der Waals surface area contributed by atoms with E-state index in [2.05, 4.69) is 29.5 Å². The number of nitrogens with zero attached hydrogens (tertiary/aromatic N) is 1. The summed E-state index contributed by atoms with van der Waals surface area (Å²) in [6.45, 7) is 5.64. The second kappa shape index (κ2) is 10.9. The van der Waals surface area contributed by atoms with Crippen molar-refractivity contribution in [3.8, 4) is 17.2 Å². The highest BCUT2D eigenvalue weighted by Gasteiger charge is 2.43. The lowest BCUT2D eigenvalue weighted by atomic mass is 9.68. The molecule has 2 heterocycles. The number of aromatic nitrogens is 1. The first-order valence-electron chi connectivity index (χ1n) is 13.1. The maximum Gasteiger partial charge on any atom is 0.256 e. The second-order valence-corrected chi connectivity index (χ2v) is 11.9. The molecule has 0 fully saturated rings. The lowest BCUT2D eigenvalue weighted by molar-refractivity contribution is -0.120. The van der Waals surface area contributed by atoms with Gasteiger partial charge in [-0.25, -0.2) is 4.98 Å². The van der Waals surface area contributed by atoms with Crippen LogP contribution in [0, 0.1) is 5.41 Å². The topological polar surface area (TPSA) is 142 Å². The summed E-state index contributed by atoms with van der Waals surface area (Å²) < 4.78 is 17.2.